The van der Waals surface area contributed by atoms with Crippen molar-refractivity contribution in [1.82, 2.24) is 9.97 Å². The van der Waals surface area contributed by atoms with E-state index in [1.54, 1.807) is 30.5 Å². The van der Waals surface area contributed by atoms with Gasteiger partial charge in [0, 0.05) is 29.9 Å². The molecule has 2 aromatic rings. The van der Waals surface area contributed by atoms with Crippen molar-refractivity contribution in [2.24, 2.45) is 0 Å². The summed E-state index contributed by atoms with van der Waals surface area (Å²) < 4.78 is 5.34. The first-order valence-electron chi connectivity index (χ1n) is 7.30. The maximum atomic E-state index is 12.2. The molecular weight excluding hydrogens is 334 g/mol. The van der Waals surface area contributed by atoms with Gasteiger partial charge in [0.15, 0.2) is 10.9 Å². The molecule has 0 N–H and O–H groups in total. The molecule has 0 spiro atoms. The minimum absolute atomic E-state index is 0.0343. The van der Waals surface area contributed by atoms with E-state index in [0.717, 1.165) is 18.9 Å². The van der Waals surface area contributed by atoms with Gasteiger partial charge in [-0.2, -0.15) is 0 Å². The van der Waals surface area contributed by atoms with E-state index in [1.807, 2.05) is 6.07 Å². The SMILES string of the molecule is O=C(CSc1nccc(N2CCOCC2)n1)c1ccc(Cl)cc1. The average Bonchev–Trinajstić information content (AvgIpc) is 2.61. The van der Waals surface area contributed by atoms with Gasteiger partial charge in [-0.05, 0) is 30.3 Å². The second-order valence-corrected chi connectivity index (χ2v) is 6.39. The molecule has 0 atom stereocenters. The van der Waals surface area contributed by atoms with Crippen LogP contribution in [0.1, 0.15) is 10.4 Å². The van der Waals surface area contributed by atoms with Gasteiger partial charge in [-0.25, -0.2) is 9.97 Å². The van der Waals surface area contributed by atoms with Crippen LogP contribution in [0.5, 0.6) is 0 Å². The Bertz CT molecular complexity index is 675. The van der Waals surface area contributed by atoms with E-state index in [1.165, 1.54) is 11.8 Å². The number of ether oxygens (including phenoxy) is 1. The lowest BCUT2D eigenvalue weighted by Gasteiger charge is -2.27. The van der Waals surface area contributed by atoms with E-state index >= 15 is 0 Å². The minimum Gasteiger partial charge on any atom is -0.378 e. The highest BCUT2D eigenvalue weighted by molar-refractivity contribution is 7.99. The minimum atomic E-state index is 0.0343. The summed E-state index contributed by atoms with van der Waals surface area (Å²) in [7, 11) is 0. The first-order chi connectivity index (χ1) is 11.2. The van der Waals surface area contributed by atoms with Gasteiger partial charge >= 0.3 is 0 Å². The van der Waals surface area contributed by atoms with Gasteiger partial charge in [0.25, 0.3) is 0 Å². The van der Waals surface area contributed by atoms with Crippen molar-refractivity contribution in [2.45, 2.75) is 5.16 Å². The lowest BCUT2D eigenvalue weighted by Crippen LogP contribution is -2.36. The Morgan fingerprint density at radius 2 is 1.96 bits per heavy atom. The molecular formula is C16H16ClN3O2S. The fourth-order valence-electron chi connectivity index (χ4n) is 2.22. The number of ketones is 1. The largest absolute Gasteiger partial charge is 0.378 e. The van der Waals surface area contributed by atoms with E-state index in [9.17, 15) is 4.79 Å². The van der Waals surface area contributed by atoms with E-state index in [-0.39, 0.29) is 5.78 Å². The maximum Gasteiger partial charge on any atom is 0.189 e. The molecule has 1 saturated heterocycles. The Balaban J connectivity index is 1.61. The molecule has 5 nitrogen and oxygen atoms in total. The fraction of sp³-hybridized carbons (Fsp3) is 0.312. The molecule has 1 aliphatic heterocycles. The van der Waals surface area contributed by atoms with E-state index < -0.39 is 0 Å². The second kappa shape index (κ2) is 7.77. The van der Waals surface area contributed by atoms with Crippen LogP contribution in [0.15, 0.2) is 41.7 Å². The number of anilines is 1. The zero-order valence-electron chi connectivity index (χ0n) is 12.4. The molecule has 0 aliphatic carbocycles. The van der Waals surface area contributed by atoms with Crippen LogP contribution in [-0.4, -0.2) is 47.8 Å². The molecule has 0 saturated carbocycles. The number of thioether (sulfide) groups is 1. The van der Waals surface area contributed by atoms with Gasteiger partial charge in [-0.1, -0.05) is 23.4 Å². The molecule has 0 bridgehead atoms. The maximum absolute atomic E-state index is 12.2. The van der Waals surface area contributed by atoms with E-state index in [2.05, 4.69) is 14.9 Å². The number of halogens is 1. The molecule has 120 valence electrons. The number of hydrogen-bond donors (Lipinski definition) is 0. The number of aromatic nitrogens is 2. The summed E-state index contributed by atoms with van der Waals surface area (Å²) in [5, 5.41) is 1.23. The van der Waals surface area contributed by atoms with Crippen molar-refractivity contribution in [1.29, 1.82) is 0 Å². The third kappa shape index (κ3) is 4.43. The Hall–Kier alpha value is -1.63. The third-order valence-electron chi connectivity index (χ3n) is 3.45. The normalized spacial score (nSPS) is 14.7. The molecule has 1 aromatic carbocycles. The van der Waals surface area contributed by atoms with E-state index in [0.29, 0.717) is 34.7 Å². The topological polar surface area (TPSA) is 55.3 Å². The third-order valence-corrected chi connectivity index (χ3v) is 4.57. The summed E-state index contributed by atoms with van der Waals surface area (Å²) >= 11 is 7.17. The Kier molecular flexibility index (Phi) is 5.48. The number of carbonyl (C=O) groups is 1. The molecule has 0 amide bonds. The van der Waals surface area contributed by atoms with Crippen molar-refractivity contribution < 1.29 is 9.53 Å². The summed E-state index contributed by atoms with van der Waals surface area (Å²) in [5.74, 6) is 1.21. The van der Waals surface area contributed by atoms with Crippen LogP contribution in [0.4, 0.5) is 5.82 Å². The molecule has 2 heterocycles. The fourth-order valence-corrected chi connectivity index (χ4v) is 3.07. The predicted octanol–water partition coefficient (Wildman–Crippen LogP) is 2.94. The zero-order valence-corrected chi connectivity index (χ0v) is 14.0. The van der Waals surface area contributed by atoms with Crippen molar-refractivity contribution in [3.05, 3.63) is 47.1 Å². The Morgan fingerprint density at radius 3 is 2.70 bits per heavy atom. The predicted molar refractivity (Wildman–Crippen MR) is 91.6 cm³/mol. The standard InChI is InChI=1S/C16H16ClN3O2S/c17-13-3-1-12(2-4-13)14(21)11-23-16-18-6-5-15(19-16)20-7-9-22-10-8-20/h1-6H,7-11H2. The van der Waals surface area contributed by atoms with Gasteiger partial charge in [-0.15, -0.1) is 0 Å². The smallest absolute Gasteiger partial charge is 0.189 e. The van der Waals surface area contributed by atoms with Gasteiger partial charge < -0.3 is 9.64 Å². The van der Waals surface area contributed by atoms with E-state index in [4.69, 9.17) is 16.3 Å². The summed E-state index contributed by atoms with van der Waals surface area (Å²) in [6.07, 6.45) is 1.73. The number of nitrogens with zero attached hydrogens (tertiary/aromatic N) is 3. The van der Waals surface area contributed by atoms with Crippen LogP contribution in [0, 0.1) is 0 Å². The van der Waals surface area contributed by atoms with Crippen LogP contribution in [-0.2, 0) is 4.74 Å². The lowest BCUT2D eigenvalue weighted by atomic mass is 10.1. The average molecular weight is 350 g/mol. The molecule has 1 aromatic heterocycles. The molecule has 3 rings (SSSR count). The van der Waals surface area contributed by atoms with Crippen LogP contribution in [0.3, 0.4) is 0 Å². The summed E-state index contributed by atoms with van der Waals surface area (Å²) in [6.45, 7) is 3.07. The van der Waals surface area contributed by atoms with Gasteiger partial charge in [0.2, 0.25) is 0 Å². The zero-order chi connectivity index (χ0) is 16.1. The highest BCUT2D eigenvalue weighted by Gasteiger charge is 2.14. The van der Waals surface area contributed by atoms with Gasteiger partial charge in [-0.3, -0.25) is 4.79 Å². The van der Waals surface area contributed by atoms with Crippen molar-refractivity contribution in [3.63, 3.8) is 0 Å². The number of Topliss-reactive ketones (excluding diaryl/α,β-unsaturated/α-hetero) is 1. The first-order valence-corrected chi connectivity index (χ1v) is 8.66. The van der Waals surface area contributed by atoms with Gasteiger partial charge in [0.1, 0.15) is 5.82 Å². The van der Waals surface area contributed by atoms with Crippen molar-refractivity contribution in [2.75, 3.05) is 37.0 Å². The molecule has 0 radical (unpaired) electrons. The molecule has 1 fully saturated rings. The highest BCUT2D eigenvalue weighted by atomic mass is 35.5. The highest BCUT2D eigenvalue weighted by Crippen LogP contribution is 2.19. The Labute approximate surface area is 144 Å². The summed E-state index contributed by atoms with van der Waals surface area (Å²) in [5.41, 5.74) is 0.645. The molecule has 1 aliphatic rings. The van der Waals surface area contributed by atoms with Gasteiger partial charge in [0.05, 0.1) is 19.0 Å². The number of benzene rings is 1. The number of rotatable bonds is 5. The monoisotopic (exact) mass is 349 g/mol. The lowest BCUT2D eigenvalue weighted by molar-refractivity contribution is 0.102. The van der Waals surface area contributed by atoms with Crippen LogP contribution in [0.25, 0.3) is 0 Å². The van der Waals surface area contributed by atoms with Crippen LogP contribution < -0.4 is 4.90 Å². The molecule has 7 heteroatoms. The Morgan fingerprint density at radius 1 is 1.22 bits per heavy atom. The summed E-state index contributed by atoms with van der Waals surface area (Å²) in [6, 6.07) is 8.78. The van der Waals surface area contributed by atoms with Crippen LogP contribution >= 0.6 is 23.4 Å². The van der Waals surface area contributed by atoms with Crippen molar-refractivity contribution in [3.8, 4) is 0 Å². The number of morpholine rings is 1. The summed E-state index contributed by atoms with van der Waals surface area (Å²) in [4.78, 5) is 23.1. The second-order valence-electron chi connectivity index (χ2n) is 5.02. The van der Waals surface area contributed by atoms with Crippen molar-refractivity contribution >= 4 is 35.0 Å². The number of carbonyl (C=O) groups excluding carboxylic acids is 1. The number of hydrogen-bond acceptors (Lipinski definition) is 6. The molecule has 0 unspecified atom stereocenters. The quantitative estimate of drug-likeness (QED) is 0.470. The molecule has 23 heavy (non-hydrogen) atoms. The van der Waals surface area contributed by atoms with Crippen LogP contribution in [0.2, 0.25) is 5.02 Å². The first kappa shape index (κ1) is 16.2.